The first kappa shape index (κ1) is 13.8. The van der Waals surface area contributed by atoms with Gasteiger partial charge in [0.05, 0.1) is 18.9 Å². The van der Waals surface area contributed by atoms with E-state index in [1.807, 2.05) is 36.4 Å². The predicted octanol–water partition coefficient (Wildman–Crippen LogP) is 3.17. The van der Waals surface area contributed by atoms with Crippen molar-refractivity contribution < 1.29 is 14.6 Å². The Morgan fingerprint density at radius 3 is 2.71 bits per heavy atom. The van der Waals surface area contributed by atoms with Gasteiger partial charge in [-0.05, 0) is 29.8 Å². The van der Waals surface area contributed by atoms with Crippen molar-refractivity contribution in [3.63, 3.8) is 0 Å². The summed E-state index contributed by atoms with van der Waals surface area (Å²) in [7, 11) is 0. The Hall–Kier alpha value is -2.20. The van der Waals surface area contributed by atoms with E-state index in [1.54, 1.807) is 12.1 Å². The van der Waals surface area contributed by atoms with Crippen LogP contribution in [0.1, 0.15) is 12.0 Å². The van der Waals surface area contributed by atoms with Gasteiger partial charge in [-0.25, -0.2) is 0 Å². The summed E-state index contributed by atoms with van der Waals surface area (Å²) < 4.78 is 11.3. The summed E-state index contributed by atoms with van der Waals surface area (Å²) in [6, 6.07) is 15.1. The minimum absolute atomic E-state index is 0.140. The van der Waals surface area contributed by atoms with Crippen LogP contribution < -0.4 is 10.1 Å². The zero-order valence-electron chi connectivity index (χ0n) is 11.8. The minimum Gasteiger partial charge on any atom is -0.508 e. The molecule has 0 aliphatic carbocycles. The molecule has 1 heterocycles. The molecule has 2 N–H and O–H groups in total. The van der Waals surface area contributed by atoms with Crippen molar-refractivity contribution in [3.8, 4) is 11.5 Å². The lowest BCUT2D eigenvalue weighted by atomic mass is 10.2. The molecule has 1 aliphatic rings. The molecule has 0 bridgehead atoms. The number of ether oxygens (including phenoxy) is 2. The first-order chi connectivity index (χ1) is 10.3. The number of phenolic OH excluding ortho intramolecular Hbond substituents is 1. The number of hydrogen-bond acceptors (Lipinski definition) is 4. The first-order valence-electron chi connectivity index (χ1n) is 7.16. The van der Waals surface area contributed by atoms with Crippen LogP contribution in [0.4, 0.5) is 5.69 Å². The molecule has 0 aromatic heterocycles. The zero-order valence-corrected chi connectivity index (χ0v) is 11.8. The number of nitrogens with one attached hydrogen (secondary N) is 1. The number of phenols is 1. The lowest BCUT2D eigenvalue weighted by Crippen LogP contribution is -2.16. The lowest BCUT2D eigenvalue weighted by Gasteiger charge is -2.16. The maximum atomic E-state index is 9.29. The fourth-order valence-corrected chi connectivity index (χ4v) is 2.31. The fourth-order valence-electron chi connectivity index (χ4n) is 2.31. The van der Waals surface area contributed by atoms with Crippen LogP contribution in [0.25, 0.3) is 0 Å². The van der Waals surface area contributed by atoms with Gasteiger partial charge < -0.3 is 19.9 Å². The van der Waals surface area contributed by atoms with Crippen LogP contribution in [-0.2, 0) is 11.3 Å². The number of para-hydroxylation sites is 2. The highest BCUT2D eigenvalue weighted by Crippen LogP contribution is 2.27. The van der Waals surface area contributed by atoms with Crippen molar-refractivity contribution in [1.29, 1.82) is 0 Å². The highest BCUT2D eigenvalue weighted by atomic mass is 16.5. The Balaban J connectivity index is 1.65. The van der Waals surface area contributed by atoms with Gasteiger partial charge in [-0.3, -0.25) is 0 Å². The van der Waals surface area contributed by atoms with Crippen molar-refractivity contribution in [2.45, 2.75) is 19.1 Å². The van der Waals surface area contributed by atoms with E-state index in [1.165, 1.54) is 0 Å². The average Bonchev–Trinajstić information content (AvgIpc) is 3.01. The quantitative estimate of drug-likeness (QED) is 0.886. The van der Waals surface area contributed by atoms with Crippen molar-refractivity contribution in [2.75, 3.05) is 18.5 Å². The summed E-state index contributed by atoms with van der Waals surface area (Å²) in [5.74, 6) is 1.13. The molecule has 110 valence electrons. The summed E-state index contributed by atoms with van der Waals surface area (Å²) in [6.45, 7) is 2.11. The summed E-state index contributed by atoms with van der Waals surface area (Å²) in [6.07, 6.45) is 1.08. The van der Waals surface area contributed by atoms with Gasteiger partial charge in [-0.2, -0.15) is 0 Å². The van der Waals surface area contributed by atoms with Crippen LogP contribution in [0.15, 0.2) is 48.5 Å². The van der Waals surface area contributed by atoms with Crippen LogP contribution in [0.5, 0.6) is 11.5 Å². The van der Waals surface area contributed by atoms with E-state index in [9.17, 15) is 5.11 Å². The third kappa shape index (κ3) is 3.67. The summed E-state index contributed by atoms with van der Waals surface area (Å²) in [4.78, 5) is 0. The topological polar surface area (TPSA) is 50.7 Å². The Bertz CT molecular complexity index is 577. The van der Waals surface area contributed by atoms with Crippen molar-refractivity contribution in [1.82, 2.24) is 0 Å². The molecule has 2 aromatic rings. The van der Waals surface area contributed by atoms with Gasteiger partial charge in [-0.15, -0.1) is 0 Å². The van der Waals surface area contributed by atoms with Gasteiger partial charge >= 0.3 is 0 Å². The Labute approximate surface area is 124 Å². The second-order valence-electron chi connectivity index (χ2n) is 5.12. The summed E-state index contributed by atoms with van der Waals surface area (Å²) >= 11 is 0. The van der Waals surface area contributed by atoms with Crippen molar-refractivity contribution in [3.05, 3.63) is 54.1 Å². The molecular formula is C17H19NO3. The Morgan fingerprint density at radius 1 is 1.14 bits per heavy atom. The largest absolute Gasteiger partial charge is 0.508 e. The third-order valence-electron chi connectivity index (χ3n) is 3.49. The second-order valence-corrected chi connectivity index (χ2v) is 5.12. The fraction of sp³-hybridized carbons (Fsp3) is 0.294. The van der Waals surface area contributed by atoms with Gasteiger partial charge in [0.25, 0.3) is 0 Å². The minimum atomic E-state index is 0.140. The lowest BCUT2D eigenvalue weighted by molar-refractivity contribution is 0.142. The number of anilines is 1. The van der Waals surface area contributed by atoms with Crippen LogP contribution in [0.2, 0.25) is 0 Å². The molecule has 0 saturated carbocycles. The number of rotatable bonds is 5. The molecular weight excluding hydrogens is 266 g/mol. The maximum absolute atomic E-state index is 9.29. The molecule has 3 rings (SSSR count). The van der Waals surface area contributed by atoms with Crippen LogP contribution in [0, 0.1) is 0 Å². The van der Waals surface area contributed by atoms with E-state index >= 15 is 0 Å². The average molecular weight is 285 g/mol. The van der Waals surface area contributed by atoms with Crippen molar-refractivity contribution in [2.24, 2.45) is 0 Å². The molecule has 1 atom stereocenters. The number of aromatic hydroxyl groups is 1. The highest BCUT2D eigenvalue weighted by molar-refractivity contribution is 5.56. The smallest absolute Gasteiger partial charge is 0.142 e. The second kappa shape index (κ2) is 6.50. The van der Waals surface area contributed by atoms with Crippen LogP contribution >= 0.6 is 0 Å². The third-order valence-corrected chi connectivity index (χ3v) is 3.49. The van der Waals surface area contributed by atoms with Gasteiger partial charge in [0.15, 0.2) is 0 Å². The molecule has 2 aromatic carbocycles. The van der Waals surface area contributed by atoms with Gasteiger partial charge in [-0.1, -0.05) is 24.3 Å². The molecule has 1 fully saturated rings. The van der Waals surface area contributed by atoms with Gasteiger partial charge in [0, 0.05) is 13.0 Å². The molecule has 4 nitrogen and oxygen atoms in total. The van der Waals surface area contributed by atoms with E-state index < -0.39 is 0 Å². The molecule has 0 amide bonds. The van der Waals surface area contributed by atoms with E-state index in [-0.39, 0.29) is 11.9 Å². The molecule has 0 radical (unpaired) electrons. The van der Waals surface area contributed by atoms with Crippen molar-refractivity contribution >= 4 is 5.69 Å². The van der Waals surface area contributed by atoms with E-state index in [2.05, 4.69) is 5.32 Å². The standard InChI is InChI=1S/C17H19NO3/c19-14-7-5-13(6-8-14)11-18-16-3-1-2-4-17(16)21-15-9-10-20-12-15/h1-8,15,18-19H,9-12H2/t15-/m1/s1. The number of benzene rings is 2. The molecule has 21 heavy (non-hydrogen) atoms. The molecule has 4 heteroatoms. The van der Waals surface area contributed by atoms with E-state index in [4.69, 9.17) is 9.47 Å². The SMILES string of the molecule is Oc1ccc(CNc2ccccc2O[C@@H]2CCOC2)cc1. The summed E-state index contributed by atoms with van der Waals surface area (Å²) in [5, 5.41) is 12.7. The number of hydrogen-bond donors (Lipinski definition) is 2. The predicted molar refractivity (Wildman–Crippen MR) is 81.7 cm³/mol. The molecule has 0 unspecified atom stereocenters. The zero-order chi connectivity index (χ0) is 14.5. The normalized spacial score (nSPS) is 17.6. The Morgan fingerprint density at radius 2 is 1.95 bits per heavy atom. The summed E-state index contributed by atoms with van der Waals surface area (Å²) in [5.41, 5.74) is 2.07. The molecule has 1 aliphatic heterocycles. The van der Waals surface area contributed by atoms with E-state index in [0.29, 0.717) is 13.2 Å². The first-order valence-corrected chi connectivity index (χ1v) is 7.16. The Kier molecular flexibility index (Phi) is 4.26. The monoisotopic (exact) mass is 285 g/mol. The molecule has 0 spiro atoms. The molecule has 1 saturated heterocycles. The van der Waals surface area contributed by atoms with Crippen LogP contribution in [-0.4, -0.2) is 24.4 Å². The van der Waals surface area contributed by atoms with Crippen LogP contribution in [0.3, 0.4) is 0 Å². The van der Waals surface area contributed by atoms with E-state index in [0.717, 1.165) is 30.0 Å². The maximum Gasteiger partial charge on any atom is 0.142 e. The van der Waals surface area contributed by atoms with Gasteiger partial charge in [0.2, 0.25) is 0 Å². The van der Waals surface area contributed by atoms with Gasteiger partial charge in [0.1, 0.15) is 17.6 Å². The highest BCUT2D eigenvalue weighted by Gasteiger charge is 2.18.